The van der Waals surface area contributed by atoms with E-state index in [1.807, 2.05) is 54.6 Å². The third-order valence-corrected chi connectivity index (χ3v) is 4.57. The van der Waals surface area contributed by atoms with Gasteiger partial charge in [0.25, 0.3) is 0 Å². The number of halogens is 2. The number of nitrogens with zero attached hydrogens (tertiary/aromatic N) is 1. The fraction of sp³-hybridized carbons (Fsp3) is 0.0952. The summed E-state index contributed by atoms with van der Waals surface area (Å²) in [5.41, 5.74) is 1.92. The number of methoxy groups -OCH3 is 1. The van der Waals surface area contributed by atoms with Crippen molar-refractivity contribution in [1.82, 2.24) is 4.98 Å². The number of hydrogen-bond donors (Lipinski definition) is 0. The quantitative estimate of drug-likeness (QED) is 0.430. The summed E-state index contributed by atoms with van der Waals surface area (Å²) in [7, 11) is 1.66. The molecule has 3 nitrogen and oxygen atoms in total. The van der Waals surface area contributed by atoms with Gasteiger partial charge in [-0.05, 0) is 57.4 Å². The Morgan fingerprint density at radius 2 is 1.92 bits per heavy atom. The standard InChI is InChI=1S/C21H17BrClNO2/c1-25-21(16-7-3-2-4-8-16)20(12-15-6-5-11-24-14-15)26-19-10-9-17(23)13-18(19)22/h2-14,21H,1H3. The lowest BCUT2D eigenvalue weighted by Gasteiger charge is -2.21. The molecule has 0 aliphatic rings. The van der Waals surface area contributed by atoms with Crippen molar-refractivity contribution in [3.63, 3.8) is 0 Å². The van der Waals surface area contributed by atoms with Gasteiger partial charge in [0.2, 0.25) is 0 Å². The second kappa shape index (κ2) is 8.99. The zero-order valence-corrected chi connectivity index (χ0v) is 16.4. The van der Waals surface area contributed by atoms with Gasteiger partial charge in [-0.25, -0.2) is 0 Å². The summed E-state index contributed by atoms with van der Waals surface area (Å²) in [5.74, 6) is 1.30. The minimum atomic E-state index is -0.362. The van der Waals surface area contributed by atoms with Crippen molar-refractivity contribution < 1.29 is 9.47 Å². The van der Waals surface area contributed by atoms with Crippen LogP contribution in [-0.2, 0) is 4.74 Å². The third-order valence-electron chi connectivity index (χ3n) is 3.71. The minimum Gasteiger partial charge on any atom is -0.457 e. The van der Waals surface area contributed by atoms with E-state index >= 15 is 0 Å². The second-order valence-corrected chi connectivity index (χ2v) is 6.83. The first-order valence-electron chi connectivity index (χ1n) is 7.99. The van der Waals surface area contributed by atoms with Crippen LogP contribution in [0.2, 0.25) is 5.02 Å². The predicted molar refractivity (Wildman–Crippen MR) is 108 cm³/mol. The molecule has 0 fully saturated rings. The summed E-state index contributed by atoms with van der Waals surface area (Å²) in [6, 6.07) is 19.2. The molecule has 0 bridgehead atoms. The topological polar surface area (TPSA) is 31.4 Å². The number of rotatable bonds is 6. The Hall–Kier alpha value is -2.14. The molecule has 132 valence electrons. The van der Waals surface area contributed by atoms with Gasteiger partial charge in [-0.3, -0.25) is 4.98 Å². The third kappa shape index (κ3) is 4.73. The van der Waals surface area contributed by atoms with Crippen LogP contribution in [0.1, 0.15) is 17.2 Å². The molecule has 0 aliphatic carbocycles. The molecule has 2 aromatic carbocycles. The fourth-order valence-corrected chi connectivity index (χ4v) is 3.28. The lowest BCUT2D eigenvalue weighted by atomic mass is 10.1. The maximum Gasteiger partial charge on any atom is 0.141 e. The Labute approximate surface area is 166 Å². The molecule has 0 spiro atoms. The zero-order chi connectivity index (χ0) is 18.4. The van der Waals surface area contributed by atoms with Gasteiger partial charge in [0.1, 0.15) is 17.6 Å². The van der Waals surface area contributed by atoms with E-state index in [0.29, 0.717) is 16.5 Å². The molecule has 1 heterocycles. The molecule has 0 amide bonds. The first kappa shape index (κ1) is 18.6. The first-order valence-corrected chi connectivity index (χ1v) is 9.16. The van der Waals surface area contributed by atoms with E-state index in [4.69, 9.17) is 21.1 Å². The van der Waals surface area contributed by atoms with Crippen molar-refractivity contribution in [2.24, 2.45) is 0 Å². The average molecular weight is 431 g/mol. The summed E-state index contributed by atoms with van der Waals surface area (Å²) < 4.78 is 12.7. The van der Waals surface area contributed by atoms with Crippen LogP contribution in [-0.4, -0.2) is 12.1 Å². The van der Waals surface area contributed by atoms with Gasteiger partial charge in [0.05, 0.1) is 4.47 Å². The van der Waals surface area contributed by atoms with Gasteiger partial charge < -0.3 is 9.47 Å². The van der Waals surface area contributed by atoms with Crippen molar-refractivity contribution in [1.29, 1.82) is 0 Å². The Kier molecular flexibility index (Phi) is 6.45. The highest BCUT2D eigenvalue weighted by Gasteiger charge is 2.19. The molecule has 0 radical (unpaired) electrons. The number of hydrogen-bond acceptors (Lipinski definition) is 3. The Balaban J connectivity index is 2.02. The van der Waals surface area contributed by atoms with Crippen LogP contribution in [0.4, 0.5) is 0 Å². The molecule has 0 saturated carbocycles. The molecule has 0 saturated heterocycles. The molecule has 1 unspecified atom stereocenters. The van der Waals surface area contributed by atoms with E-state index in [2.05, 4.69) is 20.9 Å². The van der Waals surface area contributed by atoms with Gasteiger partial charge in [0, 0.05) is 24.5 Å². The summed E-state index contributed by atoms with van der Waals surface area (Å²) in [6.45, 7) is 0. The largest absolute Gasteiger partial charge is 0.457 e. The van der Waals surface area contributed by atoms with Gasteiger partial charge in [-0.2, -0.15) is 0 Å². The van der Waals surface area contributed by atoms with Crippen LogP contribution in [0.3, 0.4) is 0 Å². The molecule has 0 N–H and O–H groups in total. The molecule has 26 heavy (non-hydrogen) atoms. The van der Waals surface area contributed by atoms with Gasteiger partial charge >= 0.3 is 0 Å². The monoisotopic (exact) mass is 429 g/mol. The van der Waals surface area contributed by atoms with Crippen LogP contribution >= 0.6 is 27.5 Å². The maximum atomic E-state index is 6.21. The lowest BCUT2D eigenvalue weighted by molar-refractivity contribution is 0.101. The minimum absolute atomic E-state index is 0.362. The molecular weight excluding hydrogens is 414 g/mol. The van der Waals surface area contributed by atoms with Gasteiger partial charge in [-0.15, -0.1) is 0 Å². The van der Waals surface area contributed by atoms with Crippen molar-refractivity contribution >= 4 is 33.6 Å². The maximum absolute atomic E-state index is 6.21. The smallest absolute Gasteiger partial charge is 0.141 e. The van der Waals surface area contributed by atoms with Crippen LogP contribution in [0, 0.1) is 0 Å². The molecule has 3 aromatic rings. The van der Waals surface area contributed by atoms with Crippen molar-refractivity contribution in [3.8, 4) is 5.75 Å². The van der Waals surface area contributed by atoms with Crippen LogP contribution in [0.25, 0.3) is 6.08 Å². The molecule has 1 atom stereocenters. The van der Waals surface area contributed by atoms with Crippen molar-refractivity contribution in [3.05, 3.63) is 99.4 Å². The van der Waals surface area contributed by atoms with Crippen molar-refractivity contribution in [2.45, 2.75) is 6.10 Å². The van der Waals surface area contributed by atoms with Crippen molar-refractivity contribution in [2.75, 3.05) is 7.11 Å². The second-order valence-electron chi connectivity index (χ2n) is 5.54. The predicted octanol–water partition coefficient (Wildman–Crippen LogP) is 6.31. The van der Waals surface area contributed by atoms with E-state index in [0.717, 1.165) is 15.6 Å². The number of pyridine rings is 1. The normalized spacial score (nSPS) is 12.7. The molecule has 0 aliphatic heterocycles. The van der Waals surface area contributed by atoms with Crippen LogP contribution in [0.15, 0.2) is 83.3 Å². The van der Waals surface area contributed by atoms with E-state index in [-0.39, 0.29) is 6.10 Å². The zero-order valence-electron chi connectivity index (χ0n) is 14.1. The number of aromatic nitrogens is 1. The summed E-state index contributed by atoms with van der Waals surface area (Å²) in [6.07, 6.45) is 5.07. The molecule has 1 aromatic heterocycles. The molecule has 5 heteroatoms. The Bertz CT molecular complexity index is 885. The van der Waals surface area contributed by atoms with Crippen LogP contribution in [0.5, 0.6) is 5.75 Å². The van der Waals surface area contributed by atoms with Gasteiger partial charge in [0.15, 0.2) is 0 Å². The first-order chi connectivity index (χ1) is 12.7. The van der Waals surface area contributed by atoms with E-state index in [1.54, 1.807) is 31.6 Å². The summed E-state index contributed by atoms with van der Waals surface area (Å²) in [4.78, 5) is 4.16. The molecular formula is C21H17BrClNO2. The Morgan fingerprint density at radius 1 is 1.12 bits per heavy atom. The number of ether oxygens (including phenoxy) is 2. The highest BCUT2D eigenvalue weighted by molar-refractivity contribution is 9.10. The van der Waals surface area contributed by atoms with E-state index in [1.165, 1.54) is 0 Å². The fourth-order valence-electron chi connectivity index (χ4n) is 2.51. The Morgan fingerprint density at radius 3 is 2.58 bits per heavy atom. The molecule has 3 rings (SSSR count). The summed E-state index contributed by atoms with van der Waals surface area (Å²) in [5, 5.41) is 0.633. The lowest BCUT2D eigenvalue weighted by Crippen LogP contribution is -2.11. The van der Waals surface area contributed by atoms with E-state index < -0.39 is 0 Å². The van der Waals surface area contributed by atoms with Crippen LogP contribution < -0.4 is 4.74 Å². The highest BCUT2D eigenvalue weighted by Crippen LogP contribution is 2.34. The highest BCUT2D eigenvalue weighted by atomic mass is 79.9. The number of benzene rings is 2. The van der Waals surface area contributed by atoms with E-state index in [9.17, 15) is 0 Å². The average Bonchev–Trinajstić information content (AvgIpc) is 2.66. The van der Waals surface area contributed by atoms with Gasteiger partial charge in [-0.1, -0.05) is 48.0 Å². The summed E-state index contributed by atoms with van der Waals surface area (Å²) >= 11 is 9.53. The SMILES string of the molecule is COC(C(=Cc1cccnc1)Oc1ccc(Cl)cc1Br)c1ccccc1.